The van der Waals surface area contributed by atoms with Crippen molar-refractivity contribution in [3.63, 3.8) is 0 Å². The van der Waals surface area contributed by atoms with Crippen LogP contribution in [0.3, 0.4) is 0 Å². The summed E-state index contributed by atoms with van der Waals surface area (Å²) < 4.78 is 11.2. The Balaban J connectivity index is 1.57. The summed E-state index contributed by atoms with van der Waals surface area (Å²) in [6, 6.07) is 0.254. The predicted octanol–water partition coefficient (Wildman–Crippen LogP) is 2.72. The fourth-order valence-electron chi connectivity index (χ4n) is 3.21. The summed E-state index contributed by atoms with van der Waals surface area (Å²) >= 11 is 0. The normalized spacial score (nSPS) is 22.0. The lowest BCUT2D eigenvalue weighted by Crippen LogP contribution is -2.41. The highest BCUT2D eigenvalue weighted by Gasteiger charge is 2.34. The Morgan fingerprint density at radius 3 is 2.58 bits per heavy atom. The second-order valence-electron chi connectivity index (χ2n) is 7.87. The van der Waals surface area contributed by atoms with Gasteiger partial charge in [-0.1, -0.05) is 11.2 Å². The number of carbonyl (C=O) groups excluding carboxylic acids is 2. The number of amides is 2. The summed E-state index contributed by atoms with van der Waals surface area (Å²) in [6.07, 6.45) is 3.37. The largest absolute Gasteiger partial charge is 0.444 e. The minimum absolute atomic E-state index is 0.0233. The first-order valence-electron chi connectivity index (χ1n) is 9.01. The quantitative estimate of drug-likeness (QED) is 0.768. The molecule has 2 saturated heterocycles. The maximum Gasteiger partial charge on any atom is 0.410 e. The maximum absolute atomic E-state index is 12.1. The van der Waals surface area contributed by atoms with Crippen molar-refractivity contribution in [2.75, 3.05) is 24.5 Å². The van der Waals surface area contributed by atoms with Crippen molar-refractivity contribution in [2.24, 2.45) is 5.92 Å². The first-order valence-corrected chi connectivity index (χ1v) is 9.01. The highest BCUT2D eigenvalue weighted by atomic mass is 16.6. The molecule has 8 heteroatoms. The van der Waals surface area contributed by atoms with Crippen LogP contribution in [0.25, 0.3) is 0 Å². The Morgan fingerprint density at radius 1 is 1.31 bits per heavy atom. The minimum Gasteiger partial charge on any atom is -0.444 e. The second-order valence-corrected chi connectivity index (χ2v) is 7.87. The lowest BCUT2D eigenvalue weighted by molar-refractivity contribution is -0.117. The number of carbonyl (C=O) groups is 2. The van der Waals surface area contributed by atoms with Crippen LogP contribution in [0.4, 0.5) is 10.8 Å². The van der Waals surface area contributed by atoms with Crippen LogP contribution in [-0.4, -0.2) is 52.3 Å². The Kier molecular flexibility index (Phi) is 5.02. The molecule has 8 nitrogen and oxygen atoms in total. The average Bonchev–Trinajstić information content (AvgIpc) is 3.19. The molecule has 2 fully saturated rings. The number of piperidine rings is 1. The van der Waals surface area contributed by atoms with Gasteiger partial charge in [0.1, 0.15) is 5.60 Å². The van der Waals surface area contributed by atoms with Gasteiger partial charge >= 0.3 is 12.1 Å². The number of ether oxygens (including phenoxy) is 1. The standard InChI is InChI=1S/C18H26N4O4/c1-5-12-10-14(23)22(11-12)16-20-19-15(25-16)13-6-8-21(9-7-13)17(24)26-18(2,3)4/h5,12-13H,1,6-11H2,2-4H3. The van der Waals surface area contributed by atoms with Crippen molar-refractivity contribution in [3.8, 4) is 0 Å². The molecular weight excluding hydrogens is 336 g/mol. The Bertz CT molecular complexity index is 686. The predicted molar refractivity (Wildman–Crippen MR) is 94.7 cm³/mol. The number of nitrogens with zero attached hydrogens (tertiary/aromatic N) is 4. The van der Waals surface area contributed by atoms with E-state index in [4.69, 9.17) is 9.15 Å². The third-order valence-corrected chi connectivity index (χ3v) is 4.65. The molecular formula is C18H26N4O4. The van der Waals surface area contributed by atoms with Gasteiger partial charge in [0.2, 0.25) is 11.8 Å². The number of rotatable bonds is 3. The molecule has 0 aliphatic carbocycles. The van der Waals surface area contributed by atoms with Crippen LogP contribution in [-0.2, 0) is 9.53 Å². The van der Waals surface area contributed by atoms with E-state index in [2.05, 4.69) is 16.8 Å². The molecule has 2 aliphatic heterocycles. The molecule has 26 heavy (non-hydrogen) atoms. The summed E-state index contributed by atoms with van der Waals surface area (Å²) in [5, 5.41) is 8.17. The zero-order chi connectivity index (χ0) is 18.9. The molecule has 0 aromatic carbocycles. The number of hydrogen-bond donors (Lipinski definition) is 0. The fourth-order valence-corrected chi connectivity index (χ4v) is 3.21. The average molecular weight is 362 g/mol. The van der Waals surface area contributed by atoms with Crippen molar-refractivity contribution in [1.82, 2.24) is 15.1 Å². The van der Waals surface area contributed by atoms with Gasteiger partial charge in [-0.05, 0) is 33.6 Å². The Hall–Kier alpha value is -2.38. The summed E-state index contributed by atoms with van der Waals surface area (Å²) in [4.78, 5) is 27.4. The molecule has 1 aromatic rings. The highest BCUT2D eigenvalue weighted by Crippen LogP contribution is 2.31. The zero-order valence-electron chi connectivity index (χ0n) is 15.6. The molecule has 3 heterocycles. The van der Waals surface area contributed by atoms with Crippen molar-refractivity contribution in [3.05, 3.63) is 18.5 Å². The molecule has 0 N–H and O–H groups in total. The number of hydrogen-bond acceptors (Lipinski definition) is 6. The van der Waals surface area contributed by atoms with E-state index in [1.165, 1.54) is 4.90 Å². The molecule has 2 amide bonds. The van der Waals surface area contributed by atoms with Crippen molar-refractivity contribution in [2.45, 2.75) is 51.6 Å². The van der Waals surface area contributed by atoms with Gasteiger partial charge in [-0.25, -0.2) is 4.79 Å². The molecule has 142 valence electrons. The van der Waals surface area contributed by atoms with Crippen molar-refractivity contribution >= 4 is 18.0 Å². The van der Waals surface area contributed by atoms with E-state index in [1.54, 1.807) is 11.0 Å². The molecule has 2 aliphatic rings. The second kappa shape index (κ2) is 7.09. The molecule has 0 radical (unpaired) electrons. The van der Waals surface area contributed by atoms with E-state index >= 15 is 0 Å². The van der Waals surface area contributed by atoms with Gasteiger partial charge < -0.3 is 14.1 Å². The van der Waals surface area contributed by atoms with Crippen LogP contribution >= 0.6 is 0 Å². The summed E-state index contributed by atoms with van der Waals surface area (Å²) in [7, 11) is 0. The van der Waals surface area contributed by atoms with Crippen molar-refractivity contribution < 1.29 is 18.7 Å². The smallest absolute Gasteiger partial charge is 0.410 e. The van der Waals surface area contributed by atoms with E-state index in [0.29, 0.717) is 31.9 Å². The van der Waals surface area contributed by atoms with Crippen molar-refractivity contribution in [1.29, 1.82) is 0 Å². The lowest BCUT2D eigenvalue weighted by atomic mass is 9.97. The van der Waals surface area contributed by atoms with Crippen LogP contribution < -0.4 is 4.90 Å². The fraction of sp³-hybridized carbons (Fsp3) is 0.667. The van der Waals surface area contributed by atoms with E-state index < -0.39 is 5.60 Å². The van der Waals surface area contributed by atoms with Gasteiger partial charge in [-0.15, -0.1) is 11.7 Å². The van der Waals surface area contributed by atoms with E-state index in [0.717, 1.165) is 12.8 Å². The van der Waals surface area contributed by atoms with Crippen LogP contribution in [0, 0.1) is 5.92 Å². The van der Waals surface area contributed by atoms with Gasteiger partial charge in [0.15, 0.2) is 0 Å². The number of anilines is 1. The third kappa shape index (κ3) is 4.05. The maximum atomic E-state index is 12.1. The zero-order valence-corrected chi connectivity index (χ0v) is 15.6. The topological polar surface area (TPSA) is 88.8 Å². The summed E-state index contributed by atoms with van der Waals surface area (Å²) in [5.74, 6) is 0.710. The van der Waals surface area contributed by atoms with Gasteiger partial charge in [-0.3, -0.25) is 9.69 Å². The summed E-state index contributed by atoms with van der Waals surface area (Å²) in [5.41, 5.74) is -0.499. The monoisotopic (exact) mass is 362 g/mol. The molecule has 0 saturated carbocycles. The lowest BCUT2D eigenvalue weighted by Gasteiger charge is -2.32. The van der Waals surface area contributed by atoms with Gasteiger partial charge in [0.05, 0.1) is 0 Å². The van der Waals surface area contributed by atoms with Gasteiger partial charge in [0, 0.05) is 37.9 Å². The molecule has 0 spiro atoms. The number of likely N-dealkylation sites (tertiary alicyclic amines) is 1. The Labute approximate surface area is 153 Å². The van der Waals surface area contributed by atoms with Crippen LogP contribution in [0.5, 0.6) is 0 Å². The van der Waals surface area contributed by atoms with E-state index in [1.807, 2.05) is 20.8 Å². The minimum atomic E-state index is -0.499. The van der Waals surface area contributed by atoms with Gasteiger partial charge in [-0.2, -0.15) is 0 Å². The SMILES string of the molecule is C=CC1CC(=O)N(c2nnc(C3CCN(C(=O)OC(C)(C)C)CC3)o2)C1. The molecule has 1 unspecified atom stereocenters. The van der Waals surface area contributed by atoms with Crippen LogP contribution in [0.2, 0.25) is 0 Å². The Morgan fingerprint density at radius 2 is 2.00 bits per heavy atom. The molecule has 1 atom stereocenters. The van der Waals surface area contributed by atoms with E-state index in [9.17, 15) is 9.59 Å². The molecule has 1 aromatic heterocycles. The summed E-state index contributed by atoms with van der Waals surface area (Å²) in [6.45, 7) is 11.0. The first kappa shape index (κ1) is 18.4. The van der Waals surface area contributed by atoms with Gasteiger partial charge in [0.25, 0.3) is 0 Å². The van der Waals surface area contributed by atoms with Crippen LogP contribution in [0.15, 0.2) is 17.1 Å². The van der Waals surface area contributed by atoms with E-state index in [-0.39, 0.29) is 29.9 Å². The highest BCUT2D eigenvalue weighted by molar-refractivity contribution is 5.93. The third-order valence-electron chi connectivity index (χ3n) is 4.65. The molecule has 3 rings (SSSR count). The van der Waals surface area contributed by atoms with Crippen LogP contribution in [0.1, 0.15) is 51.8 Å². The first-order chi connectivity index (χ1) is 12.3. The number of aromatic nitrogens is 2. The molecule has 0 bridgehead atoms.